The van der Waals surface area contributed by atoms with Crippen LogP contribution in [0.1, 0.15) is 15.9 Å². The molecule has 160 valence electrons. The normalized spacial score (nSPS) is 11.0. The van der Waals surface area contributed by atoms with Crippen molar-refractivity contribution >= 4 is 29.1 Å². The summed E-state index contributed by atoms with van der Waals surface area (Å²) < 4.78 is 43.9. The number of nitrogens with one attached hydrogen (secondary N) is 1. The summed E-state index contributed by atoms with van der Waals surface area (Å²) in [5.41, 5.74) is -0.124. The maximum atomic E-state index is 12.9. The zero-order chi connectivity index (χ0) is 22.4. The highest BCUT2D eigenvalue weighted by molar-refractivity contribution is 5.99. The van der Waals surface area contributed by atoms with Crippen molar-refractivity contribution in [2.75, 3.05) is 23.9 Å². The highest BCUT2D eigenvalue weighted by Gasteiger charge is 2.30. The number of esters is 1. The Morgan fingerprint density at radius 2 is 1.77 bits per heavy atom. The molecule has 0 atom stereocenters. The van der Waals surface area contributed by atoms with Gasteiger partial charge in [-0.1, -0.05) is 24.3 Å². The Morgan fingerprint density at radius 3 is 2.48 bits per heavy atom. The minimum Gasteiger partial charge on any atom is -0.452 e. The van der Waals surface area contributed by atoms with Gasteiger partial charge in [0, 0.05) is 24.6 Å². The average molecular weight is 429 g/mol. The maximum absolute atomic E-state index is 12.9. The number of halogens is 3. The number of nitrogens with zero attached hydrogens (tertiary/aromatic N) is 2. The summed E-state index contributed by atoms with van der Waals surface area (Å²) in [5.74, 6) is -1.27. The quantitative estimate of drug-likeness (QED) is 0.577. The second-order valence-corrected chi connectivity index (χ2v) is 6.47. The summed E-state index contributed by atoms with van der Waals surface area (Å²) in [7, 11) is 1.55. The molecule has 1 aromatic heterocycles. The number of alkyl halides is 3. The van der Waals surface area contributed by atoms with E-state index in [1.807, 2.05) is 6.07 Å². The van der Waals surface area contributed by atoms with Gasteiger partial charge in [0.25, 0.3) is 5.91 Å². The highest BCUT2D eigenvalue weighted by atomic mass is 19.4. The Kier molecular flexibility index (Phi) is 6.54. The molecule has 9 heteroatoms. The third-order valence-corrected chi connectivity index (χ3v) is 4.32. The van der Waals surface area contributed by atoms with Crippen molar-refractivity contribution in [2.24, 2.45) is 0 Å². The number of pyridine rings is 1. The van der Waals surface area contributed by atoms with Crippen molar-refractivity contribution < 1.29 is 27.5 Å². The number of para-hydroxylation sites is 1. The second-order valence-electron chi connectivity index (χ2n) is 6.47. The Labute approximate surface area is 176 Å². The van der Waals surface area contributed by atoms with Gasteiger partial charge in [0.05, 0.1) is 5.56 Å². The molecule has 1 N–H and O–H groups in total. The molecule has 6 nitrogen and oxygen atoms in total. The van der Waals surface area contributed by atoms with Gasteiger partial charge in [-0.05, 0) is 42.5 Å². The van der Waals surface area contributed by atoms with Crippen molar-refractivity contribution in [3.63, 3.8) is 0 Å². The Bertz CT molecular complexity index is 1070. The molecule has 0 unspecified atom stereocenters. The van der Waals surface area contributed by atoms with Crippen molar-refractivity contribution in [1.29, 1.82) is 0 Å². The van der Waals surface area contributed by atoms with Gasteiger partial charge in [-0.15, -0.1) is 0 Å². The van der Waals surface area contributed by atoms with E-state index in [4.69, 9.17) is 4.74 Å². The predicted octanol–water partition coefficient (Wildman–Crippen LogP) is 4.66. The van der Waals surface area contributed by atoms with E-state index in [0.717, 1.165) is 12.1 Å². The van der Waals surface area contributed by atoms with Crippen molar-refractivity contribution in [3.8, 4) is 0 Å². The SMILES string of the molecule is CN(C(=O)COC(=O)c1cccnc1Nc1cccc(C(F)(F)F)c1)c1ccccc1. The van der Waals surface area contributed by atoms with E-state index < -0.39 is 30.2 Å². The standard InChI is InChI=1S/C22H18F3N3O3/c1-28(17-9-3-2-4-10-17)19(29)14-31-21(30)18-11-6-12-26-20(18)27-16-8-5-7-15(13-16)22(23,24)25/h2-13H,14H2,1H3,(H,26,27). The molecular formula is C22H18F3N3O3. The van der Waals surface area contributed by atoms with Crippen LogP contribution in [0.2, 0.25) is 0 Å². The van der Waals surface area contributed by atoms with Crippen LogP contribution in [0.3, 0.4) is 0 Å². The topological polar surface area (TPSA) is 71.5 Å². The first-order valence-corrected chi connectivity index (χ1v) is 9.14. The van der Waals surface area contributed by atoms with E-state index in [2.05, 4.69) is 10.3 Å². The monoisotopic (exact) mass is 429 g/mol. The summed E-state index contributed by atoms with van der Waals surface area (Å²) in [6.07, 6.45) is -3.13. The van der Waals surface area contributed by atoms with Crippen LogP contribution < -0.4 is 10.2 Å². The molecule has 0 aliphatic carbocycles. The molecule has 3 rings (SSSR count). The van der Waals surface area contributed by atoms with E-state index in [0.29, 0.717) is 5.69 Å². The van der Waals surface area contributed by atoms with Crippen molar-refractivity contribution in [2.45, 2.75) is 6.18 Å². The molecule has 0 radical (unpaired) electrons. The molecular weight excluding hydrogens is 411 g/mol. The Hall–Kier alpha value is -3.88. The van der Waals surface area contributed by atoms with Gasteiger partial charge in [0.15, 0.2) is 6.61 Å². The molecule has 3 aromatic rings. The van der Waals surface area contributed by atoms with Gasteiger partial charge in [-0.3, -0.25) is 4.79 Å². The van der Waals surface area contributed by atoms with Crippen LogP contribution in [0.15, 0.2) is 72.9 Å². The zero-order valence-electron chi connectivity index (χ0n) is 16.4. The largest absolute Gasteiger partial charge is 0.452 e. The van der Waals surface area contributed by atoms with Crippen LogP contribution in [0.5, 0.6) is 0 Å². The molecule has 0 saturated carbocycles. The molecule has 0 aliphatic rings. The second kappa shape index (κ2) is 9.29. The molecule has 1 amide bonds. The van der Waals surface area contributed by atoms with Gasteiger partial charge in [-0.25, -0.2) is 9.78 Å². The number of likely N-dealkylation sites (N-methyl/N-ethyl adjacent to an activating group) is 1. The number of hydrogen-bond donors (Lipinski definition) is 1. The van der Waals surface area contributed by atoms with Gasteiger partial charge in [0.1, 0.15) is 11.4 Å². The number of rotatable bonds is 6. The molecule has 0 bridgehead atoms. The fourth-order valence-corrected chi connectivity index (χ4v) is 2.68. The minimum atomic E-state index is -4.51. The van der Waals surface area contributed by atoms with E-state index in [-0.39, 0.29) is 17.1 Å². The van der Waals surface area contributed by atoms with Crippen LogP contribution in [0, 0.1) is 0 Å². The first kappa shape index (κ1) is 21.8. The molecule has 0 saturated heterocycles. The summed E-state index contributed by atoms with van der Waals surface area (Å²) >= 11 is 0. The molecule has 31 heavy (non-hydrogen) atoms. The number of anilines is 3. The molecule has 0 spiro atoms. The Morgan fingerprint density at radius 1 is 1.03 bits per heavy atom. The zero-order valence-corrected chi connectivity index (χ0v) is 16.4. The number of amides is 1. The van der Waals surface area contributed by atoms with Gasteiger partial charge in [-0.2, -0.15) is 13.2 Å². The lowest BCUT2D eigenvalue weighted by molar-refractivity contribution is -0.137. The van der Waals surface area contributed by atoms with Crippen LogP contribution in [0.25, 0.3) is 0 Å². The van der Waals surface area contributed by atoms with Crippen LogP contribution in [0.4, 0.5) is 30.4 Å². The maximum Gasteiger partial charge on any atom is 0.416 e. The summed E-state index contributed by atoms with van der Waals surface area (Å²) in [6, 6.07) is 16.2. The molecule has 2 aromatic carbocycles. The number of aromatic nitrogens is 1. The smallest absolute Gasteiger partial charge is 0.416 e. The number of hydrogen-bond acceptors (Lipinski definition) is 5. The van der Waals surface area contributed by atoms with Crippen molar-refractivity contribution in [3.05, 3.63) is 84.1 Å². The number of carbonyl (C=O) groups is 2. The minimum absolute atomic E-state index is 0.00990. The number of carbonyl (C=O) groups excluding carboxylic acids is 2. The number of ether oxygens (including phenoxy) is 1. The van der Waals surface area contributed by atoms with Crippen LogP contribution >= 0.6 is 0 Å². The lowest BCUT2D eigenvalue weighted by atomic mass is 10.2. The highest BCUT2D eigenvalue weighted by Crippen LogP contribution is 2.31. The third kappa shape index (κ3) is 5.59. The summed E-state index contributed by atoms with van der Waals surface area (Å²) in [6.45, 7) is -0.512. The molecule has 0 fully saturated rings. The first-order valence-electron chi connectivity index (χ1n) is 9.14. The van der Waals surface area contributed by atoms with E-state index in [1.54, 1.807) is 31.3 Å². The van der Waals surface area contributed by atoms with Gasteiger partial charge in [0.2, 0.25) is 0 Å². The van der Waals surface area contributed by atoms with E-state index in [9.17, 15) is 22.8 Å². The predicted molar refractivity (Wildman–Crippen MR) is 109 cm³/mol. The lowest BCUT2D eigenvalue weighted by Crippen LogP contribution is -2.31. The first-order chi connectivity index (χ1) is 14.8. The molecule has 0 aliphatic heterocycles. The fraction of sp³-hybridized carbons (Fsp3) is 0.136. The third-order valence-electron chi connectivity index (χ3n) is 4.32. The van der Waals surface area contributed by atoms with E-state index >= 15 is 0 Å². The van der Waals surface area contributed by atoms with Gasteiger partial charge >= 0.3 is 12.1 Å². The van der Waals surface area contributed by atoms with Crippen molar-refractivity contribution in [1.82, 2.24) is 4.98 Å². The molecule has 1 heterocycles. The number of benzene rings is 2. The average Bonchev–Trinajstić information content (AvgIpc) is 2.77. The van der Waals surface area contributed by atoms with Crippen LogP contribution in [-0.4, -0.2) is 30.5 Å². The van der Waals surface area contributed by atoms with Gasteiger partial charge < -0.3 is 15.0 Å². The summed E-state index contributed by atoms with van der Waals surface area (Å²) in [4.78, 5) is 30.1. The fourth-order valence-electron chi connectivity index (χ4n) is 2.68. The Balaban J connectivity index is 1.70. The lowest BCUT2D eigenvalue weighted by Gasteiger charge is -2.17. The van der Waals surface area contributed by atoms with E-state index in [1.165, 1.54) is 35.4 Å². The van der Waals surface area contributed by atoms with Crippen LogP contribution in [-0.2, 0) is 15.7 Å². The summed E-state index contributed by atoms with van der Waals surface area (Å²) in [5, 5.41) is 2.69.